The SMILES string of the molecule is O=C(NCCN1CCN(c2nc3ccc(F)cc3s2)CC1)c1cccs1. The minimum absolute atomic E-state index is 0.000318. The molecule has 3 heterocycles. The number of thiophene rings is 1. The number of carbonyl (C=O) groups is 1. The first kappa shape index (κ1) is 17.4. The second-order valence-corrected chi connectivity index (χ2v) is 8.13. The number of carbonyl (C=O) groups excluding carboxylic acids is 1. The molecule has 1 aliphatic heterocycles. The maximum Gasteiger partial charge on any atom is 0.261 e. The van der Waals surface area contributed by atoms with E-state index in [2.05, 4.69) is 20.1 Å². The van der Waals surface area contributed by atoms with Crippen LogP contribution in [0.3, 0.4) is 0 Å². The van der Waals surface area contributed by atoms with Crippen LogP contribution in [0, 0.1) is 5.82 Å². The molecule has 0 bridgehead atoms. The zero-order valence-corrected chi connectivity index (χ0v) is 15.8. The Kier molecular flexibility index (Phi) is 5.14. The van der Waals surface area contributed by atoms with Crippen LogP contribution in [0.15, 0.2) is 35.7 Å². The molecule has 0 saturated carbocycles. The summed E-state index contributed by atoms with van der Waals surface area (Å²) >= 11 is 3.00. The smallest absolute Gasteiger partial charge is 0.261 e. The Labute approximate surface area is 159 Å². The van der Waals surface area contributed by atoms with E-state index in [1.165, 1.54) is 28.7 Å². The molecule has 0 unspecified atom stereocenters. The summed E-state index contributed by atoms with van der Waals surface area (Å²) in [6.07, 6.45) is 0. The molecule has 26 heavy (non-hydrogen) atoms. The van der Waals surface area contributed by atoms with E-state index in [0.717, 1.165) is 52.9 Å². The Morgan fingerprint density at radius 3 is 2.85 bits per heavy atom. The number of hydrogen-bond donors (Lipinski definition) is 1. The van der Waals surface area contributed by atoms with Gasteiger partial charge in [0.1, 0.15) is 5.82 Å². The van der Waals surface area contributed by atoms with Gasteiger partial charge in [-0.15, -0.1) is 11.3 Å². The van der Waals surface area contributed by atoms with E-state index in [1.807, 2.05) is 17.5 Å². The normalized spacial score (nSPS) is 15.5. The summed E-state index contributed by atoms with van der Waals surface area (Å²) in [5, 5.41) is 5.83. The molecule has 3 aromatic rings. The lowest BCUT2D eigenvalue weighted by atomic mass is 10.3. The predicted octanol–water partition coefficient (Wildman–Crippen LogP) is 3.05. The van der Waals surface area contributed by atoms with Crippen molar-refractivity contribution in [3.05, 3.63) is 46.4 Å². The topological polar surface area (TPSA) is 48.5 Å². The summed E-state index contributed by atoms with van der Waals surface area (Å²) in [6, 6.07) is 8.45. The highest BCUT2D eigenvalue weighted by Crippen LogP contribution is 2.29. The lowest BCUT2D eigenvalue weighted by molar-refractivity contribution is 0.0952. The van der Waals surface area contributed by atoms with Crippen molar-refractivity contribution >= 4 is 43.9 Å². The number of thiazole rings is 1. The van der Waals surface area contributed by atoms with Crippen LogP contribution in [-0.2, 0) is 0 Å². The number of halogens is 1. The molecule has 1 aromatic carbocycles. The Bertz CT molecular complexity index is 888. The number of amides is 1. The third-order valence-electron chi connectivity index (χ3n) is 4.44. The zero-order valence-electron chi connectivity index (χ0n) is 14.2. The molecule has 4 rings (SSSR count). The van der Waals surface area contributed by atoms with Crippen LogP contribution >= 0.6 is 22.7 Å². The van der Waals surface area contributed by atoms with Crippen LogP contribution in [0.1, 0.15) is 9.67 Å². The van der Waals surface area contributed by atoms with Gasteiger partial charge in [-0.25, -0.2) is 9.37 Å². The number of nitrogens with zero attached hydrogens (tertiary/aromatic N) is 3. The number of rotatable bonds is 5. The Balaban J connectivity index is 1.26. The van der Waals surface area contributed by atoms with Crippen LogP contribution < -0.4 is 10.2 Å². The quantitative estimate of drug-likeness (QED) is 0.728. The number of anilines is 1. The zero-order chi connectivity index (χ0) is 17.9. The molecule has 1 N–H and O–H groups in total. The van der Waals surface area contributed by atoms with Gasteiger partial charge in [0.25, 0.3) is 5.91 Å². The average molecular weight is 391 g/mol. The van der Waals surface area contributed by atoms with Gasteiger partial charge in [0.2, 0.25) is 0 Å². The molecule has 0 aliphatic carbocycles. The van der Waals surface area contributed by atoms with Crippen LogP contribution in [0.2, 0.25) is 0 Å². The minimum atomic E-state index is -0.220. The molecule has 1 saturated heterocycles. The van der Waals surface area contributed by atoms with Gasteiger partial charge in [-0.05, 0) is 29.6 Å². The molecule has 0 spiro atoms. The van der Waals surface area contributed by atoms with E-state index in [9.17, 15) is 9.18 Å². The lowest BCUT2D eigenvalue weighted by Crippen LogP contribution is -2.48. The first-order valence-corrected chi connectivity index (χ1v) is 10.2. The van der Waals surface area contributed by atoms with Crippen LogP contribution in [-0.4, -0.2) is 55.1 Å². The summed E-state index contributed by atoms with van der Waals surface area (Å²) in [5.41, 5.74) is 0.852. The number of hydrogen-bond acceptors (Lipinski definition) is 6. The van der Waals surface area contributed by atoms with E-state index in [-0.39, 0.29) is 11.7 Å². The molecule has 2 aromatic heterocycles. The molecule has 0 atom stereocenters. The summed E-state index contributed by atoms with van der Waals surface area (Å²) in [4.78, 5) is 21.9. The van der Waals surface area contributed by atoms with Gasteiger partial charge in [0, 0.05) is 39.3 Å². The van der Waals surface area contributed by atoms with Crippen molar-refractivity contribution in [1.29, 1.82) is 0 Å². The molecular weight excluding hydrogens is 371 g/mol. The number of piperazine rings is 1. The maximum absolute atomic E-state index is 13.3. The largest absolute Gasteiger partial charge is 0.350 e. The van der Waals surface area contributed by atoms with Crippen LogP contribution in [0.5, 0.6) is 0 Å². The molecule has 8 heteroatoms. The third-order valence-corrected chi connectivity index (χ3v) is 6.39. The van der Waals surface area contributed by atoms with Gasteiger partial charge >= 0.3 is 0 Å². The highest BCUT2D eigenvalue weighted by Gasteiger charge is 2.20. The fourth-order valence-electron chi connectivity index (χ4n) is 3.01. The van der Waals surface area contributed by atoms with Crippen molar-refractivity contribution in [3.63, 3.8) is 0 Å². The summed E-state index contributed by atoms with van der Waals surface area (Å²) in [5.74, 6) is -0.220. The van der Waals surface area contributed by atoms with Gasteiger partial charge in [0.05, 0.1) is 15.1 Å². The Morgan fingerprint density at radius 1 is 1.23 bits per heavy atom. The van der Waals surface area contributed by atoms with E-state index < -0.39 is 0 Å². The van der Waals surface area contributed by atoms with E-state index in [0.29, 0.717) is 6.54 Å². The van der Waals surface area contributed by atoms with Crippen molar-refractivity contribution in [1.82, 2.24) is 15.2 Å². The third kappa shape index (κ3) is 3.87. The molecule has 136 valence electrons. The molecule has 5 nitrogen and oxygen atoms in total. The molecule has 1 amide bonds. The monoisotopic (exact) mass is 390 g/mol. The summed E-state index contributed by atoms with van der Waals surface area (Å²) in [7, 11) is 0. The number of benzene rings is 1. The predicted molar refractivity (Wildman–Crippen MR) is 105 cm³/mol. The molecular formula is C18H19FN4OS2. The second kappa shape index (κ2) is 7.69. The van der Waals surface area contributed by atoms with E-state index in [4.69, 9.17) is 0 Å². The standard InChI is InChI=1S/C18H19FN4OS2/c19-13-3-4-14-16(12-13)26-18(21-14)23-9-7-22(8-10-23)6-5-20-17(24)15-2-1-11-25-15/h1-4,11-12H,5-10H2,(H,20,24). The van der Waals surface area contributed by atoms with Crippen molar-refractivity contribution in [2.24, 2.45) is 0 Å². The summed E-state index contributed by atoms with van der Waals surface area (Å²) < 4.78 is 14.2. The number of nitrogens with one attached hydrogen (secondary N) is 1. The summed E-state index contributed by atoms with van der Waals surface area (Å²) in [6.45, 7) is 5.13. The van der Waals surface area contributed by atoms with Gasteiger partial charge in [-0.1, -0.05) is 17.4 Å². The first-order valence-electron chi connectivity index (χ1n) is 8.54. The lowest BCUT2D eigenvalue weighted by Gasteiger charge is -2.34. The fourth-order valence-corrected chi connectivity index (χ4v) is 4.69. The number of aromatic nitrogens is 1. The maximum atomic E-state index is 13.3. The van der Waals surface area contributed by atoms with Crippen molar-refractivity contribution in [2.75, 3.05) is 44.2 Å². The minimum Gasteiger partial charge on any atom is -0.350 e. The molecule has 1 aliphatic rings. The highest BCUT2D eigenvalue weighted by atomic mass is 32.1. The van der Waals surface area contributed by atoms with Gasteiger partial charge in [-0.2, -0.15) is 0 Å². The molecule has 0 radical (unpaired) electrons. The van der Waals surface area contributed by atoms with Crippen molar-refractivity contribution < 1.29 is 9.18 Å². The van der Waals surface area contributed by atoms with Gasteiger partial charge < -0.3 is 10.2 Å². The van der Waals surface area contributed by atoms with Gasteiger partial charge in [-0.3, -0.25) is 9.69 Å². The van der Waals surface area contributed by atoms with Crippen molar-refractivity contribution in [3.8, 4) is 0 Å². The Hall–Kier alpha value is -2.03. The van der Waals surface area contributed by atoms with Crippen LogP contribution in [0.25, 0.3) is 10.2 Å². The Morgan fingerprint density at radius 2 is 2.08 bits per heavy atom. The van der Waals surface area contributed by atoms with E-state index >= 15 is 0 Å². The highest BCUT2D eigenvalue weighted by molar-refractivity contribution is 7.22. The molecule has 1 fully saturated rings. The van der Waals surface area contributed by atoms with Gasteiger partial charge in [0.15, 0.2) is 5.13 Å². The van der Waals surface area contributed by atoms with E-state index in [1.54, 1.807) is 12.1 Å². The average Bonchev–Trinajstić information content (AvgIpc) is 3.31. The van der Waals surface area contributed by atoms with Crippen molar-refractivity contribution in [2.45, 2.75) is 0 Å². The number of fused-ring (bicyclic) bond motifs is 1. The first-order chi connectivity index (χ1) is 12.7. The fraction of sp³-hybridized carbons (Fsp3) is 0.333. The van der Waals surface area contributed by atoms with Crippen LogP contribution in [0.4, 0.5) is 9.52 Å². The second-order valence-electron chi connectivity index (χ2n) is 6.17.